The van der Waals surface area contributed by atoms with E-state index >= 15 is 0 Å². The molecule has 0 spiro atoms. The number of thiophene rings is 2. The third kappa shape index (κ3) is 1.80. The molecular weight excluding hydrogens is 246 g/mol. The fourth-order valence-electron chi connectivity index (χ4n) is 2.03. The van der Waals surface area contributed by atoms with Gasteiger partial charge in [0, 0.05) is 15.9 Å². The molecule has 0 radical (unpaired) electrons. The van der Waals surface area contributed by atoms with E-state index in [0.29, 0.717) is 6.04 Å². The highest BCUT2D eigenvalue weighted by atomic mass is 35.5. The first-order valence-electron chi connectivity index (χ1n) is 4.90. The van der Waals surface area contributed by atoms with E-state index in [-0.39, 0.29) is 0 Å². The van der Waals surface area contributed by atoms with Crippen LogP contribution in [0.3, 0.4) is 0 Å². The van der Waals surface area contributed by atoms with Crippen LogP contribution in [-0.4, -0.2) is 0 Å². The summed E-state index contributed by atoms with van der Waals surface area (Å²) in [6.45, 7) is 0. The third-order valence-corrected chi connectivity index (χ3v) is 4.73. The van der Waals surface area contributed by atoms with Gasteiger partial charge in [-0.05, 0) is 35.9 Å². The highest BCUT2D eigenvalue weighted by molar-refractivity contribution is 7.16. The van der Waals surface area contributed by atoms with Crippen molar-refractivity contribution in [3.05, 3.63) is 37.7 Å². The Hall–Kier alpha value is -0.510. The molecule has 15 heavy (non-hydrogen) atoms. The van der Waals surface area contributed by atoms with Crippen molar-refractivity contribution in [2.75, 3.05) is 5.32 Å². The summed E-state index contributed by atoms with van der Waals surface area (Å²) in [7, 11) is 0. The van der Waals surface area contributed by atoms with Gasteiger partial charge in [0.15, 0.2) is 0 Å². The van der Waals surface area contributed by atoms with Gasteiger partial charge in [-0.3, -0.25) is 0 Å². The summed E-state index contributed by atoms with van der Waals surface area (Å²) in [5.74, 6) is 0. The van der Waals surface area contributed by atoms with E-state index in [1.807, 2.05) is 0 Å². The fraction of sp³-hybridized carbons (Fsp3) is 0.273. The summed E-state index contributed by atoms with van der Waals surface area (Å²) in [4.78, 5) is 1.45. The zero-order chi connectivity index (χ0) is 10.3. The molecule has 0 saturated heterocycles. The van der Waals surface area contributed by atoms with Gasteiger partial charge in [0.2, 0.25) is 0 Å². The Bertz CT molecular complexity index is 461. The molecule has 2 aromatic rings. The van der Waals surface area contributed by atoms with Crippen LogP contribution in [0.25, 0.3) is 0 Å². The van der Waals surface area contributed by atoms with Gasteiger partial charge in [0.25, 0.3) is 0 Å². The lowest BCUT2D eigenvalue weighted by Gasteiger charge is -2.12. The highest BCUT2D eigenvalue weighted by Crippen LogP contribution is 2.40. The second kappa shape index (κ2) is 3.81. The van der Waals surface area contributed by atoms with Gasteiger partial charge in [-0.1, -0.05) is 11.6 Å². The van der Waals surface area contributed by atoms with Crippen LogP contribution in [0.5, 0.6) is 0 Å². The molecule has 1 aliphatic carbocycles. The quantitative estimate of drug-likeness (QED) is 0.829. The number of rotatable bonds is 2. The van der Waals surface area contributed by atoms with Crippen molar-refractivity contribution >= 4 is 40.0 Å². The van der Waals surface area contributed by atoms with Crippen molar-refractivity contribution in [1.29, 1.82) is 0 Å². The number of anilines is 1. The summed E-state index contributed by atoms with van der Waals surface area (Å²) in [5.41, 5.74) is 2.62. The largest absolute Gasteiger partial charge is 0.378 e. The molecule has 0 saturated carbocycles. The minimum absolute atomic E-state index is 0.457. The topological polar surface area (TPSA) is 12.0 Å². The van der Waals surface area contributed by atoms with Crippen LogP contribution in [0.2, 0.25) is 4.34 Å². The van der Waals surface area contributed by atoms with Gasteiger partial charge >= 0.3 is 0 Å². The van der Waals surface area contributed by atoms with Gasteiger partial charge in [-0.25, -0.2) is 0 Å². The Morgan fingerprint density at radius 1 is 1.47 bits per heavy atom. The fourth-order valence-corrected chi connectivity index (χ4v) is 3.98. The van der Waals surface area contributed by atoms with Gasteiger partial charge in [0.1, 0.15) is 0 Å². The lowest BCUT2D eigenvalue weighted by molar-refractivity contribution is 0.763. The molecule has 1 nitrogen and oxygen atoms in total. The van der Waals surface area contributed by atoms with Gasteiger partial charge in [0.05, 0.1) is 10.4 Å². The van der Waals surface area contributed by atoms with Crippen molar-refractivity contribution in [2.45, 2.75) is 18.9 Å². The lowest BCUT2D eigenvalue weighted by Crippen LogP contribution is -2.05. The summed E-state index contributed by atoms with van der Waals surface area (Å²) in [6, 6.07) is 4.69. The molecule has 2 aromatic heterocycles. The van der Waals surface area contributed by atoms with Gasteiger partial charge < -0.3 is 5.32 Å². The standard InChI is InChI=1S/C11H10ClNS2/c12-11-5-8-9(1-2-10(8)15-11)13-7-3-4-14-6-7/h3-6,9,13H,1-2H2. The van der Waals surface area contributed by atoms with Crippen LogP contribution in [0.4, 0.5) is 5.69 Å². The minimum atomic E-state index is 0.457. The number of halogens is 1. The van der Waals surface area contributed by atoms with E-state index in [9.17, 15) is 0 Å². The van der Waals surface area contributed by atoms with Crippen molar-refractivity contribution in [1.82, 2.24) is 0 Å². The van der Waals surface area contributed by atoms with Gasteiger partial charge in [-0.2, -0.15) is 11.3 Å². The average molecular weight is 256 g/mol. The number of hydrogen-bond donors (Lipinski definition) is 1. The third-order valence-electron chi connectivity index (χ3n) is 2.71. The maximum Gasteiger partial charge on any atom is 0.0934 e. The Morgan fingerprint density at radius 2 is 2.40 bits per heavy atom. The molecular formula is C11H10ClNS2. The monoisotopic (exact) mass is 255 g/mol. The minimum Gasteiger partial charge on any atom is -0.378 e. The normalized spacial score (nSPS) is 19.1. The molecule has 1 N–H and O–H groups in total. The number of aryl methyl sites for hydroxylation is 1. The molecule has 1 unspecified atom stereocenters. The van der Waals surface area contributed by atoms with E-state index in [4.69, 9.17) is 11.6 Å². The Labute approximate surface area is 102 Å². The number of fused-ring (bicyclic) bond motifs is 1. The van der Waals surface area contributed by atoms with Crippen molar-refractivity contribution < 1.29 is 0 Å². The average Bonchev–Trinajstić information content (AvgIpc) is 2.85. The molecule has 4 heteroatoms. The second-order valence-corrected chi connectivity index (χ2v) is 6.22. The number of nitrogens with one attached hydrogen (secondary N) is 1. The van der Waals surface area contributed by atoms with Crippen LogP contribution in [-0.2, 0) is 6.42 Å². The molecule has 1 aliphatic rings. The maximum atomic E-state index is 6.02. The summed E-state index contributed by atoms with van der Waals surface area (Å²) < 4.78 is 0.914. The molecule has 3 rings (SSSR count). The molecule has 0 aromatic carbocycles. The molecule has 78 valence electrons. The Kier molecular flexibility index (Phi) is 2.47. The van der Waals surface area contributed by atoms with Crippen molar-refractivity contribution in [3.8, 4) is 0 Å². The van der Waals surface area contributed by atoms with Crippen molar-refractivity contribution in [3.63, 3.8) is 0 Å². The Balaban J connectivity index is 1.84. The van der Waals surface area contributed by atoms with Crippen LogP contribution in [0, 0.1) is 0 Å². The molecule has 0 fully saturated rings. The zero-order valence-corrected chi connectivity index (χ0v) is 10.4. The SMILES string of the molecule is Clc1cc2c(s1)CCC2Nc1ccsc1. The molecule has 1 atom stereocenters. The molecule has 2 heterocycles. The molecule has 0 aliphatic heterocycles. The van der Waals surface area contributed by atoms with E-state index < -0.39 is 0 Å². The van der Waals surface area contributed by atoms with E-state index in [2.05, 4.69) is 28.2 Å². The molecule has 0 bridgehead atoms. The number of hydrogen-bond acceptors (Lipinski definition) is 3. The van der Waals surface area contributed by atoms with Crippen molar-refractivity contribution in [2.24, 2.45) is 0 Å². The van der Waals surface area contributed by atoms with Crippen LogP contribution >= 0.6 is 34.3 Å². The summed E-state index contributed by atoms with van der Waals surface area (Å²) >= 11 is 9.46. The predicted molar refractivity (Wildman–Crippen MR) is 68.3 cm³/mol. The van der Waals surface area contributed by atoms with E-state index in [1.165, 1.54) is 22.5 Å². The van der Waals surface area contributed by atoms with Crippen LogP contribution in [0.1, 0.15) is 22.9 Å². The summed E-state index contributed by atoms with van der Waals surface area (Å²) in [6.07, 6.45) is 2.35. The lowest BCUT2D eigenvalue weighted by atomic mass is 10.2. The first-order valence-corrected chi connectivity index (χ1v) is 7.03. The second-order valence-electron chi connectivity index (χ2n) is 3.68. The van der Waals surface area contributed by atoms with E-state index in [0.717, 1.165) is 10.8 Å². The highest BCUT2D eigenvalue weighted by Gasteiger charge is 2.24. The smallest absolute Gasteiger partial charge is 0.0934 e. The van der Waals surface area contributed by atoms with Crippen LogP contribution in [0.15, 0.2) is 22.9 Å². The van der Waals surface area contributed by atoms with Crippen LogP contribution < -0.4 is 5.32 Å². The van der Waals surface area contributed by atoms with Gasteiger partial charge in [-0.15, -0.1) is 11.3 Å². The zero-order valence-electron chi connectivity index (χ0n) is 8.00. The predicted octanol–water partition coefficient (Wildman–Crippen LogP) is 4.56. The Morgan fingerprint density at radius 3 is 3.20 bits per heavy atom. The maximum absolute atomic E-state index is 6.02. The summed E-state index contributed by atoms with van der Waals surface area (Å²) in [5, 5.41) is 7.79. The first kappa shape index (κ1) is 9.70. The first-order chi connectivity index (χ1) is 7.33. The molecule has 0 amide bonds. The van der Waals surface area contributed by atoms with E-state index in [1.54, 1.807) is 22.7 Å².